The number of nitrogens with zero attached hydrogens (tertiary/aromatic N) is 4. The molecule has 35 heavy (non-hydrogen) atoms. The van der Waals surface area contributed by atoms with Gasteiger partial charge in [0.15, 0.2) is 5.78 Å². The molecule has 2 amide bonds. The molecule has 0 spiro atoms. The quantitative estimate of drug-likeness (QED) is 0.507. The van der Waals surface area contributed by atoms with Gasteiger partial charge in [-0.15, -0.1) is 0 Å². The van der Waals surface area contributed by atoms with Gasteiger partial charge in [-0.3, -0.25) is 14.4 Å². The van der Waals surface area contributed by atoms with E-state index in [1.54, 1.807) is 42.7 Å². The lowest BCUT2D eigenvalue weighted by atomic mass is 10.0. The third-order valence-corrected chi connectivity index (χ3v) is 6.01. The van der Waals surface area contributed by atoms with Crippen molar-refractivity contribution in [2.24, 2.45) is 0 Å². The van der Waals surface area contributed by atoms with Crippen molar-refractivity contribution in [3.63, 3.8) is 0 Å². The minimum absolute atomic E-state index is 0.0499. The molecule has 1 N–H and O–H groups in total. The average molecular weight is 472 g/mol. The molecular weight excluding hydrogens is 442 g/mol. The van der Waals surface area contributed by atoms with E-state index in [0.717, 1.165) is 11.1 Å². The molecule has 1 aliphatic rings. The number of amides is 2. The molecule has 1 aromatic heterocycles. The smallest absolute Gasteiger partial charge is 0.227 e. The normalized spacial score (nSPS) is 13.4. The van der Waals surface area contributed by atoms with Crippen LogP contribution in [0.5, 0.6) is 0 Å². The lowest BCUT2D eigenvalue weighted by molar-refractivity contribution is -0.130. The fraction of sp³-hybridized carbons (Fsp3) is 0.296. The van der Waals surface area contributed by atoms with E-state index in [1.807, 2.05) is 36.1 Å². The summed E-state index contributed by atoms with van der Waals surface area (Å²) in [5.74, 6) is 0.502. The fourth-order valence-electron chi connectivity index (χ4n) is 3.94. The molecule has 0 unspecified atom stereocenters. The van der Waals surface area contributed by atoms with Crippen LogP contribution in [-0.2, 0) is 16.0 Å². The Bertz CT molecular complexity index is 1160. The van der Waals surface area contributed by atoms with Gasteiger partial charge in [-0.25, -0.2) is 9.97 Å². The minimum Gasteiger partial charge on any atom is -0.339 e. The van der Waals surface area contributed by atoms with Gasteiger partial charge in [0.1, 0.15) is 0 Å². The van der Waals surface area contributed by atoms with Crippen LogP contribution >= 0.6 is 0 Å². The Kier molecular flexibility index (Phi) is 7.82. The second kappa shape index (κ2) is 11.4. The highest BCUT2D eigenvalue weighted by molar-refractivity contribution is 6.00. The van der Waals surface area contributed by atoms with Gasteiger partial charge in [0.05, 0.1) is 6.42 Å². The van der Waals surface area contributed by atoms with Crippen molar-refractivity contribution in [1.82, 2.24) is 14.9 Å². The second-order valence-electron chi connectivity index (χ2n) is 8.63. The average Bonchev–Trinajstić information content (AvgIpc) is 2.89. The number of anilines is 2. The van der Waals surface area contributed by atoms with Gasteiger partial charge in [-0.2, -0.15) is 0 Å². The van der Waals surface area contributed by atoms with Gasteiger partial charge < -0.3 is 15.1 Å². The maximum atomic E-state index is 12.7. The van der Waals surface area contributed by atoms with Crippen molar-refractivity contribution in [2.75, 3.05) is 36.4 Å². The highest BCUT2D eigenvalue weighted by Crippen LogP contribution is 2.15. The molecule has 1 aliphatic heterocycles. The predicted octanol–water partition coefficient (Wildman–Crippen LogP) is 3.28. The summed E-state index contributed by atoms with van der Waals surface area (Å²) in [5, 5.41) is 2.82. The van der Waals surface area contributed by atoms with E-state index in [0.29, 0.717) is 49.8 Å². The van der Waals surface area contributed by atoms with Crippen LogP contribution in [0.3, 0.4) is 0 Å². The Morgan fingerprint density at radius 2 is 1.51 bits per heavy atom. The van der Waals surface area contributed by atoms with Crippen LogP contribution in [0.1, 0.15) is 34.3 Å². The van der Waals surface area contributed by atoms with Crippen molar-refractivity contribution in [3.8, 4) is 0 Å². The number of hydrogen-bond acceptors (Lipinski definition) is 6. The molecule has 1 fully saturated rings. The van der Waals surface area contributed by atoms with E-state index in [-0.39, 0.29) is 30.4 Å². The monoisotopic (exact) mass is 471 g/mol. The molecule has 0 aliphatic carbocycles. The minimum atomic E-state index is -0.213. The Morgan fingerprint density at radius 1 is 0.857 bits per heavy atom. The number of rotatable bonds is 8. The summed E-state index contributed by atoms with van der Waals surface area (Å²) in [4.78, 5) is 49.7. The molecule has 3 aromatic rings. The van der Waals surface area contributed by atoms with Crippen molar-refractivity contribution in [2.45, 2.75) is 26.2 Å². The van der Waals surface area contributed by atoms with Crippen LogP contribution in [0.2, 0.25) is 0 Å². The Balaban J connectivity index is 1.20. The summed E-state index contributed by atoms with van der Waals surface area (Å²) >= 11 is 0. The molecule has 0 radical (unpaired) electrons. The van der Waals surface area contributed by atoms with Gasteiger partial charge in [-0.05, 0) is 30.7 Å². The number of hydrogen-bond donors (Lipinski definition) is 1. The Morgan fingerprint density at radius 3 is 2.17 bits per heavy atom. The highest BCUT2D eigenvalue weighted by Gasteiger charge is 2.22. The fourth-order valence-corrected chi connectivity index (χ4v) is 3.94. The van der Waals surface area contributed by atoms with Crippen molar-refractivity contribution >= 4 is 29.2 Å². The molecule has 0 bridgehead atoms. The number of nitrogens with one attached hydrogen (secondary N) is 1. The maximum Gasteiger partial charge on any atom is 0.227 e. The van der Waals surface area contributed by atoms with Crippen molar-refractivity contribution in [1.29, 1.82) is 0 Å². The topological polar surface area (TPSA) is 95.5 Å². The van der Waals surface area contributed by atoms with E-state index >= 15 is 0 Å². The largest absolute Gasteiger partial charge is 0.339 e. The van der Waals surface area contributed by atoms with Crippen molar-refractivity contribution < 1.29 is 14.4 Å². The number of carbonyl (C=O) groups excluding carboxylic acids is 3. The third kappa shape index (κ3) is 6.72. The second-order valence-corrected chi connectivity index (χ2v) is 8.63. The summed E-state index contributed by atoms with van der Waals surface area (Å²) in [5.41, 5.74) is 3.24. The van der Waals surface area contributed by atoms with Crippen molar-refractivity contribution in [3.05, 3.63) is 83.7 Å². The van der Waals surface area contributed by atoms with E-state index in [2.05, 4.69) is 20.2 Å². The number of Topliss-reactive ketones (excluding diaryl/α,β-unsaturated/α-hetero) is 1. The van der Waals surface area contributed by atoms with Crippen LogP contribution in [-0.4, -0.2) is 58.6 Å². The summed E-state index contributed by atoms with van der Waals surface area (Å²) in [6.45, 7) is 4.63. The first-order chi connectivity index (χ1) is 17.0. The van der Waals surface area contributed by atoms with Crippen LogP contribution < -0.4 is 10.2 Å². The molecule has 8 nitrogen and oxygen atoms in total. The summed E-state index contributed by atoms with van der Waals surface area (Å²) in [6.07, 6.45) is 4.02. The van der Waals surface area contributed by atoms with Crippen LogP contribution in [0, 0.1) is 6.92 Å². The SMILES string of the molecule is Cc1ccc(C(=O)CCC(=O)Nc2ccc(CC(=O)N3CCN(c4ncccn4)CC3)cc2)cc1. The first kappa shape index (κ1) is 24.1. The highest BCUT2D eigenvalue weighted by atomic mass is 16.2. The van der Waals surface area contributed by atoms with Gasteiger partial charge in [0.25, 0.3) is 0 Å². The van der Waals surface area contributed by atoms with Crippen LogP contribution in [0.25, 0.3) is 0 Å². The maximum absolute atomic E-state index is 12.7. The number of carbonyl (C=O) groups is 3. The molecule has 180 valence electrons. The van der Waals surface area contributed by atoms with E-state index in [9.17, 15) is 14.4 Å². The number of ketones is 1. The Labute approximate surface area is 205 Å². The summed E-state index contributed by atoms with van der Waals surface area (Å²) < 4.78 is 0. The molecular formula is C27H29N5O3. The van der Waals surface area contributed by atoms with Gasteiger partial charge >= 0.3 is 0 Å². The van der Waals surface area contributed by atoms with E-state index in [1.165, 1.54) is 0 Å². The zero-order valence-electron chi connectivity index (χ0n) is 19.8. The van der Waals surface area contributed by atoms with Crippen LogP contribution in [0.4, 0.5) is 11.6 Å². The Hall–Kier alpha value is -4.07. The van der Waals surface area contributed by atoms with E-state index < -0.39 is 0 Å². The first-order valence-electron chi connectivity index (χ1n) is 11.8. The summed E-state index contributed by atoms with van der Waals surface area (Å²) in [6, 6.07) is 16.4. The molecule has 4 rings (SSSR count). The van der Waals surface area contributed by atoms with Crippen LogP contribution in [0.15, 0.2) is 67.0 Å². The molecule has 2 aromatic carbocycles. The molecule has 0 atom stereocenters. The van der Waals surface area contributed by atoms with Gasteiger partial charge in [0.2, 0.25) is 17.8 Å². The predicted molar refractivity (Wildman–Crippen MR) is 134 cm³/mol. The molecule has 1 saturated heterocycles. The third-order valence-electron chi connectivity index (χ3n) is 6.01. The standard InChI is InChI=1S/C27H29N5O3/c1-20-3-7-22(8-4-20)24(33)11-12-25(34)30-23-9-5-21(6-10-23)19-26(35)31-15-17-32(18-16-31)27-28-13-2-14-29-27/h2-10,13-14H,11-12,15-19H2,1H3,(H,30,34). The zero-order valence-corrected chi connectivity index (χ0v) is 19.8. The number of benzene rings is 2. The molecule has 8 heteroatoms. The lowest BCUT2D eigenvalue weighted by Gasteiger charge is -2.34. The molecule has 2 heterocycles. The first-order valence-corrected chi connectivity index (χ1v) is 11.8. The van der Waals surface area contributed by atoms with E-state index in [4.69, 9.17) is 0 Å². The van der Waals surface area contributed by atoms with Gasteiger partial charge in [-0.1, -0.05) is 42.0 Å². The number of aryl methyl sites for hydroxylation is 1. The number of piperazine rings is 1. The molecule has 0 saturated carbocycles. The summed E-state index contributed by atoms with van der Waals surface area (Å²) in [7, 11) is 0. The zero-order chi connectivity index (χ0) is 24.6. The number of aromatic nitrogens is 2. The van der Waals surface area contributed by atoms with Gasteiger partial charge in [0, 0.05) is 62.7 Å². The lowest BCUT2D eigenvalue weighted by Crippen LogP contribution is -2.49.